The molecule has 0 aliphatic carbocycles. The van der Waals surface area contributed by atoms with Crippen LogP contribution in [0.25, 0.3) is 0 Å². The van der Waals surface area contributed by atoms with E-state index in [-0.39, 0.29) is 5.91 Å². The van der Waals surface area contributed by atoms with Crippen molar-refractivity contribution in [3.8, 4) is 0 Å². The van der Waals surface area contributed by atoms with Crippen LogP contribution in [-0.4, -0.2) is 23.4 Å². The Balaban J connectivity index is 0.000000561. The average Bonchev–Trinajstić information content (AvgIpc) is 2.08. The van der Waals surface area contributed by atoms with Gasteiger partial charge in [0.15, 0.2) is 0 Å². The van der Waals surface area contributed by atoms with Crippen LogP contribution in [0.5, 0.6) is 0 Å². The maximum absolute atomic E-state index is 10.9. The number of rotatable bonds is 0. The van der Waals surface area contributed by atoms with Gasteiger partial charge in [0.1, 0.15) is 0 Å². The molecule has 0 aromatic heterocycles. The highest BCUT2D eigenvalue weighted by Gasteiger charge is 2.19. The third-order valence-corrected chi connectivity index (χ3v) is 2.21. The molecule has 12 heavy (non-hydrogen) atoms. The summed E-state index contributed by atoms with van der Waals surface area (Å²) in [6, 6.07) is 0.478. The minimum atomic E-state index is 0.229. The number of nitrogens with zero attached hydrogens (tertiary/aromatic N) is 1. The van der Waals surface area contributed by atoms with Crippen molar-refractivity contribution in [2.75, 3.05) is 6.54 Å². The van der Waals surface area contributed by atoms with Crippen LogP contribution in [-0.2, 0) is 4.79 Å². The van der Waals surface area contributed by atoms with Crippen LogP contribution in [0.4, 0.5) is 0 Å². The van der Waals surface area contributed by atoms with Gasteiger partial charge in [-0.25, -0.2) is 0 Å². The second-order valence-electron chi connectivity index (χ2n) is 3.06. The molecule has 0 aromatic carbocycles. The van der Waals surface area contributed by atoms with Crippen LogP contribution in [0.2, 0.25) is 0 Å². The Morgan fingerprint density at radius 3 is 2.33 bits per heavy atom. The lowest BCUT2D eigenvalue weighted by Gasteiger charge is -2.32. The highest BCUT2D eigenvalue weighted by Crippen LogP contribution is 2.15. The van der Waals surface area contributed by atoms with Crippen LogP contribution >= 0.6 is 0 Å². The zero-order valence-electron chi connectivity index (χ0n) is 8.18. The van der Waals surface area contributed by atoms with E-state index in [1.54, 1.807) is 6.92 Å². The van der Waals surface area contributed by atoms with E-state index in [0.29, 0.717) is 6.04 Å². The van der Waals surface area contributed by atoms with E-state index in [0.717, 1.165) is 6.54 Å². The smallest absolute Gasteiger partial charge is 0.219 e. The Morgan fingerprint density at radius 2 is 2.00 bits per heavy atom. The van der Waals surface area contributed by atoms with Gasteiger partial charge in [0.2, 0.25) is 5.91 Å². The summed E-state index contributed by atoms with van der Waals surface area (Å²) in [7, 11) is 0. The fourth-order valence-corrected chi connectivity index (χ4v) is 1.57. The summed E-state index contributed by atoms with van der Waals surface area (Å²) in [6.07, 6.45) is 3.65. The maximum Gasteiger partial charge on any atom is 0.219 e. The lowest BCUT2D eigenvalue weighted by Crippen LogP contribution is -2.40. The van der Waals surface area contributed by atoms with Gasteiger partial charge in [-0.2, -0.15) is 0 Å². The van der Waals surface area contributed by atoms with E-state index >= 15 is 0 Å². The SMILES string of the molecule is C=C.CC(=O)N1CCCC[C@H]1C. The van der Waals surface area contributed by atoms with Gasteiger partial charge in [-0.3, -0.25) is 4.79 Å². The molecule has 1 heterocycles. The summed E-state index contributed by atoms with van der Waals surface area (Å²) in [4.78, 5) is 12.9. The molecule has 1 aliphatic heterocycles. The molecule has 1 fully saturated rings. The quantitative estimate of drug-likeness (QED) is 0.509. The van der Waals surface area contributed by atoms with Crippen LogP contribution < -0.4 is 0 Å². The van der Waals surface area contributed by atoms with Gasteiger partial charge >= 0.3 is 0 Å². The van der Waals surface area contributed by atoms with E-state index in [1.165, 1.54) is 19.3 Å². The zero-order chi connectivity index (χ0) is 9.56. The van der Waals surface area contributed by atoms with E-state index < -0.39 is 0 Å². The van der Waals surface area contributed by atoms with E-state index in [9.17, 15) is 4.79 Å². The summed E-state index contributed by atoms with van der Waals surface area (Å²) in [6.45, 7) is 10.7. The second-order valence-corrected chi connectivity index (χ2v) is 3.06. The predicted octanol–water partition coefficient (Wildman–Crippen LogP) is 2.21. The topological polar surface area (TPSA) is 20.3 Å². The Bertz CT molecular complexity index is 145. The third-order valence-electron chi connectivity index (χ3n) is 2.21. The molecule has 0 saturated carbocycles. The fraction of sp³-hybridized carbons (Fsp3) is 0.700. The summed E-state index contributed by atoms with van der Waals surface area (Å²) >= 11 is 0. The predicted molar refractivity (Wildman–Crippen MR) is 52.0 cm³/mol. The van der Waals surface area contributed by atoms with Crippen molar-refractivity contribution in [3.63, 3.8) is 0 Å². The molecule has 0 aromatic rings. The van der Waals surface area contributed by atoms with Gasteiger partial charge < -0.3 is 4.90 Å². The molecule has 1 atom stereocenters. The van der Waals surface area contributed by atoms with Gasteiger partial charge in [-0.1, -0.05) is 0 Å². The molecule has 0 unspecified atom stereocenters. The molecule has 1 rings (SSSR count). The van der Waals surface area contributed by atoms with Gasteiger partial charge in [0, 0.05) is 19.5 Å². The maximum atomic E-state index is 10.9. The molecule has 0 spiro atoms. The van der Waals surface area contributed by atoms with Gasteiger partial charge in [-0.05, 0) is 26.2 Å². The number of carbonyl (C=O) groups is 1. The van der Waals surface area contributed by atoms with Gasteiger partial charge in [-0.15, -0.1) is 13.2 Å². The Kier molecular flexibility index (Phi) is 5.43. The Labute approximate surface area is 75.3 Å². The molecule has 0 radical (unpaired) electrons. The van der Waals surface area contributed by atoms with Crippen molar-refractivity contribution >= 4 is 5.91 Å². The molecule has 2 heteroatoms. The monoisotopic (exact) mass is 169 g/mol. The summed E-state index contributed by atoms with van der Waals surface area (Å²) in [5, 5.41) is 0. The highest BCUT2D eigenvalue weighted by molar-refractivity contribution is 5.73. The third kappa shape index (κ3) is 3.07. The van der Waals surface area contributed by atoms with Gasteiger partial charge in [0.05, 0.1) is 0 Å². The number of amides is 1. The summed E-state index contributed by atoms with van der Waals surface area (Å²) in [5.41, 5.74) is 0. The van der Waals surface area contributed by atoms with E-state index in [1.807, 2.05) is 4.90 Å². The minimum absolute atomic E-state index is 0.229. The lowest BCUT2D eigenvalue weighted by atomic mass is 10.0. The van der Waals surface area contributed by atoms with E-state index in [4.69, 9.17) is 0 Å². The molecule has 1 aliphatic rings. The Hall–Kier alpha value is -0.790. The minimum Gasteiger partial charge on any atom is -0.340 e. The molecule has 1 saturated heterocycles. The second kappa shape index (κ2) is 5.81. The largest absolute Gasteiger partial charge is 0.340 e. The van der Waals surface area contributed by atoms with Gasteiger partial charge in [0.25, 0.3) is 0 Å². The molecular formula is C10H19NO. The summed E-state index contributed by atoms with van der Waals surface area (Å²) in [5.74, 6) is 0.229. The van der Waals surface area contributed by atoms with Crippen LogP contribution in [0, 0.1) is 0 Å². The molecule has 1 amide bonds. The first-order valence-electron chi connectivity index (χ1n) is 4.49. The molecule has 70 valence electrons. The highest BCUT2D eigenvalue weighted by atomic mass is 16.2. The molecule has 0 bridgehead atoms. The fourth-order valence-electron chi connectivity index (χ4n) is 1.57. The van der Waals surface area contributed by atoms with Crippen molar-refractivity contribution in [3.05, 3.63) is 13.2 Å². The molecule has 0 N–H and O–H groups in total. The average molecular weight is 169 g/mol. The van der Waals surface area contributed by atoms with Crippen molar-refractivity contribution in [2.45, 2.75) is 39.2 Å². The van der Waals surface area contributed by atoms with Crippen LogP contribution in [0.1, 0.15) is 33.1 Å². The van der Waals surface area contributed by atoms with Crippen molar-refractivity contribution < 1.29 is 4.79 Å². The number of hydrogen-bond donors (Lipinski definition) is 0. The zero-order valence-corrected chi connectivity index (χ0v) is 8.18. The number of carbonyl (C=O) groups excluding carboxylic acids is 1. The first-order valence-corrected chi connectivity index (χ1v) is 4.49. The van der Waals surface area contributed by atoms with Crippen molar-refractivity contribution in [2.24, 2.45) is 0 Å². The number of likely N-dealkylation sites (tertiary alicyclic amines) is 1. The molecular weight excluding hydrogens is 150 g/mol. The lowest BCUT2D eigenvalue weighted by molar-refractivity contribution is -0.131. The number of hydrogen-bond acceptors (Lipinski definition) is 1. The normalized spacial score (nSPS) is 22.5. The van der Waals surface area contributed by atoms with Crippen LogP contribution in [0.15, 0.2) is 13.2 Å². The number of piperidine rings is 1. The first kappa shape index (κ1) is 11.2. The van der Waals surface area contributed by atoms with Crippen molar-refractivity contribution in [1.29, 1.82) is 0 Å². The molecule has 2 nitrogen and oxygen atoms in total. The Morgan fingerprint density at radius 1 is 1.42 bits per heavy atom. The standard InChI is InChI=1S/C8H15NO.C2H4/c1-7-5-3-4-6-9(7)8(2)10;1-2/h7H,3-6H2,1-2H3;1-2H2/t7-;/m1./s1. The van der Waals surface area contributed by atoms with Crippen molar-refractivity contribution in [1.82, 2.24) is 4.90 Å². The van der Waals surface area contributed by atoms with E-state index in [2.05, 4.69) is 20.1 Å². The first-order chi connectivity index (χ1) is 5.72. The summed E-state index contributed by atoms with van der Waals surface area (Å²) < 4.78 is 0. The van der Waals surface area contributed by atoms with Crippen LogP contribution in [0.3, 0.4) is 0 Å².